The molecule has 0 spiro atoms. The van der Waals surface area contributed by atoms with E-state index in [1.807, 2.05) is 12.1 Å². The first-order valence-corrected chi connectivity index (χ1v) is 13.3. The summed E-state index contributed by atoms with van der Waals surface area (Å²) in [5.74, 6) is 0. The second-order valence-corrected chi connectivity index (χ2v) is 14.8. The SMILES string of the molecule is Clc1ccc([AsH](c2ccccc2)(c2ccccc2)c2ccccc2)cc1. The molecule has 0 radical (unpaired) electrons. The Morgan fingerprint density at radius 1 is 0.385 bits per heavy atom. The zero-order valence-electron chi connectivity index (χ0n) is 14.3. The normalized spacial score (nSPS) is 11.9. The second kappa shape index (κ2) is 7.54. The molecule has 4 aromatic carbocycles. The third kappa shape index (κ3) is 3.01. The number of benzene rings is 4. The van der Waals surface area contributed by atoms with Gasteiger partial charge in [-0.3, -0.25) is 0 Å². The molecule has 0 aliphatic rings. The van der Waals surface area contributed by atoms with Gasteiger partial charge in [-0.25, -0.2) is 0 Å². The van der Waals surface area contributed by atoms with Crippen molar-refractivity contribution in [3.8, 4) is 0 Å². The summed E-state index contributed by atoms with van der Waals surface area (Å²) < 4.78 is 5.66. The van der Waals surface area contributed by atoms with Crippen LogP contribution in [0.2, 0.25) is 5.02 Å². The molecule has 2 heteroatoms. The van der Waals surface area contributed by atoms with E-state index in [2.05, 4.69) is 103 Å². The van der Waals surface area contributed by atoms with E-state index in [4.69, 9.17) is 11.6 Å². The summed E-state index contributed by atoms with van der Waals surface area (Å²) >= 11 is 3.14. The average Bonchev–Trinajstić information content (AvgIpc) is 2.72. The Bertz CT molecular complexity index is 868. The molecule has 128 valence electrons. The molecule has 0 atom stereocenters. The van der Waals surface area contributed by atoms with Gasteiger partial charge >= 0.3 is 163 Å². The van der Waals surface area contributed by atoms with E-state index in [9.17, 15) is 0 Å². The molecule has 0 aliphatic carbocycles. The van der Waals surface area contributed by atoms with Crippen molar-refractivity contribution in [2.45, 2.75) is 0 Å². The summed E-state index contributed by atoms with van der Waals surface area (Å²) in [7, 11) is 0. The first kappa shape index (κ1) is 17.2. The number of rotatable bonds is 4. The monoisotopic (exact) mass is 418 g/mol. The average molecular weight is 419 g/mol. The predicted octanol–water partition coefficient (Wildman–Crippen LogP) is 3.45. The summed E-state index contributed by atoms with van der Waals surface area (Å²) in [5, 5.41) is 0.777. The van der Waals surface area contributed by atoms with Crippen molar-refractivity contribution in [1.29, 1.82) is 0 Å². The summed E-state index contributed by atoms with van der Waals surface area (Å²) in [5.41, 5.74) is 0. The van der Waals surface area contributed by atoms with E-state index < -0.39 is 13.6 Å². The van der Waals surface area contributed by atoms with Gasteiger partial charge in [0.15, 0.2) is 0 Å². The molecule has 0 unspecified atom stereocenters. The summed E-state index contributed by atoms with van der Waals surface area (Å²) in [6.45, 7) is 0. The van der Waals surface area contributed by atoms with E-state index in [0.29, 0.717) is 0 Å². The molecule has 0 bridgehead atoms. The van der Waals surface area contributed by atoms with Crippen LogP contribution in [0.25, 0.3) is 0 Å². The van der Waals surface area contributed by atoms with Crippen LogP contribution in [0, 0.1) is 0 Å². The van der Waals surface area contributed by atoms with Crippen molar-refractivity contribution in [3.63, 3.8) is 0 Å². The van der Waals surface area contributed by atoms with Gasteiger partial charge in [-0.2, -0.15) is 0 Å². The van der Waals surface area contributed by atoms with Crippen molar-refractivity contribution in [3.05, 3.63) is 120 Å². The van der Waals surface area contributed by atoms with Gasteiger partial charge in [0.2, 0.25) is 0 Å². The van der Waals surface area contributed by atoms with Crippen molar-refractivity contribution < 1.29 is 0 Å². The topological polar surface area (TPSA) is 0 Å². The fourth-order valence-electron chi connectivity index (χ4n) is 3.76. The molecule has 0 saturated carbocycles. The van der Waals surface area contributed by atoms with Gasteiger partial charge in [0.05, 0.1) is 0 Å². The molecule has 0 saturated heterocycles. The molecule has 0 aromatic heterocycles. The van der Waals surface area contributed by atoms with Crippen LogP contribution >= 0.6 is 11.6 Å². The van der Waals surface area contributed by atoms with Crippen LogP contribution in [0.1, 0.15) is 0 Å². The minimum atomic E-state index is -3.08. The van der Waals surface area contributed by atoms with Gasteiger partial charge in [-0.15, -0.1) is 0 Å². The van der Waals surface area contributed by atoms with Crippen LogP contribution in [-0.2, 0) is 0 Å². The number of hydrogen-bond donors (Lipinski definition) is 0. The van der Waals surface area contributed by atoms with Gasteiger partial charge < -0.3 is 0 Å². The summed E-state index contributed by atoms with van der Waals surface area (Å²) in [4.78, 5) is 0. The Balaban J connectivity index is 2.12. The van der Waals surface area contributed by atoms with Gasteiger partial charge in [-0.05, 0) is 0 Å². The molecule has 0 fully saturated rings. The van der Waals surface area contributed by atoms with Gasteiger partial charge in [0.25, 0.3) is 0 Å². The first-order chi connectivity index (χ1) is 12.8. The van der Waals surface area contributed by atoms with Crippen molar-refractivity contribution in [2.24, 2.45) is 0 Å². The number of halogens is 1. The van der Waals surface area contributed by atoms with Crippen LogP contribution < -0.4 is 17.4 Å². The fraction of sp³-hybridized carbons (Fsp3) is 0. The Morgan fingerprint density at radius 2 is 0.692 bits per heavy atom. The molecule has 4 rings (SSSR count). The van der Waals surface area contributed by atoms with Crippen LogP contribution in [0.15, 0.2) is 115 Å². The van der Waals surface area contributed by atoms with Gasteiger partial charge in [0.1, 0.15) is 0 Å². The molecule has 0 aliphatic heterocycles. The molecule has 0 N–H and O–H groups in total. The van der Waals surface area contributed by atoms with Crippen molar-refractivity contribution >= 4 is 42.6 Å². The molecular weight excluding hydrogens is 399 g/mol. The van der Waals surface area contributed by atoms with E-state index in [1.54, 1.807) is 0 Å². The predicted molar refractivity (Wildman–Crippen MR) is 116 cm³/mol. The van der Waals surface area contributed by atoms with Crippen LogP contribution in [0.3, 0.4) is 0 Å². The molecule has 0 heterocycles. The molecule has 0 amide bonds. The zero-order chi connectivity index (χ0) is 17.8. The van der Waals surface area contributed by atoms with E-state index in [1.165, 1.54) is 17.4 Å². The Morgan fingerprint density at radius 3 is 1.04 bits per heavy atom. The minimum absolute atomic E-state index is 0.777. The third-order valence-corrected chi connectivity index (χ3v) is 15.2. The Hall–Kier alpha value is -2.27. The molecule has 0 nitrogen and oxygen atoms in total. The van der Waals surface area contributed by atoms with E-state index in [0.717, 1.165) is 5.02 Å². The van der Waals surface area contributed by atoms with Crippen LogP contribution in [0.5, 0.6) is 0 Å². The molecule has 26 heavy (non-hydrogen) atoms. The molecular formula is C24H20AsCl. The van der Waals surface area contributed by atoms with Gasteiger partial charge in [0, 0.05) is 0 Å². The quantitative estimate of drug-likeness (QED) is 0.445. The standard InChI is InChI=1S/C24H20AsCl/c26-24-18-16-23(17-19-24)25(20-10-4-1-5-11-20,21-12-6-2-7-13-21)22-14-8-3-9-15-22/h1-19,25H. The maximum absolute atomic E-state index is 6.22. The van der Waals surface area contributed by atoms with Crippen molar-refractivity contribution in [2.75, 3.05) is 0 Å². The Labute approximate surface area is 162 Å². The number of hydrogen-bond acceptors (Lipinski definition) is 0. The van der Waals surface area contributed by atoms with Crippen LogP contribution in [0.4, 0.5) is 0 Å². The fourth-order valence-corrected chi connectivity index (χ4v) is 13.8. The third-order valence-electron chi connectivity index (χ3n) is 4.90. The molecule has 4 aromatic rings. The Kier molecular flexibility index (Phi) is 4.97. The summed E-state index contributed by atoms with van der Waals surface area (Å²) in [6, 6.07) is 41.4. The zero-order valence-corrected chi connectivity index (χ0v) is 17.2. The van der Waals surface area contributed by atoms with E-state index in [-0.39, 0.29) is 0 Å². The maximum atomic E-state index is 6.22. The van der Waals surface area contributed by atoms with E-state index >= 15 is 0 Å². The first-order valence-electron chi connectivity index (χ1n) is 8.74. The van der Waals surface area contributed by atoms with Gasteiger partial charge in [-0.1, -0.05) is 0 Å². The second-order valence-electron chi connectivity index (χ2n) is 6.35. The van der Waals surface area contributed by atoms with Crippen molar-refractivity contribution in [1.82, 2.24) is 0 Å². The van der Waals surface area contributed by atoms with Crippen LogP contribution in [-0.4, -0.2) is 13.6 Å². The summed E-state index contributed by atoms with van der Waals surface area (Å²) in [6.07, 6.45) is 0.